The zero-order chi connectivity index (χ0) is 11.5. The standard InChI is InChI=1S/C13H11ClOS/c1-9(15)8-12-6-7-13(16-12)10-2-4-11(14)5-3-10/h2-7H,8H2,1H3. The van der Waals surface area contributed by atoms with Crippen LogP contribution < -0.4 is 0 Å². The number of benzene rings is 1. The highest BCUT2D eigenvalue weighted by molar-refractivity contribution is 7.15. The van der Waals surface area contributed by atoms with Crippen LogP contribution in [0.15, 0.2) is 36.4 Å². The first-order chi connectivity index (χ1) is 7.65. The summed E-state index contributed by atoms with van der Waals surface area (Å²) in [6, 6.07) is 11.8. The number of carbonyl (C=O) groups is 1. The summed E-state index contributed by atoms with van der Waals surface area (Å²) < 4.78 is 0. The first kappa shape index (κ1) is 11.4. The lowest BCUT2D eigenvalue weighted by Gasteiger charge is -1.96. The van der Waals surface area contributed by atoms with Crippen molar-refractivity contribution >= 4 is 28.7 Å². The zero-order valence-electron chi connectivity index (χ0n) is 8.87. The highest BCUT2D eigenvalue weighted by atomic mass is 35.5. The molecule has 0 radical (unpaired) electrons. The van der Waals surface area contributed by atoms with Gasteiger partial charge in [-0.05, 0) is 36.8 Å². The van der Waals surface area contributed by atoms with E-state index in [9.17, 15) is 4.79 Å². The van der Waals surface area contributed by atoms with Crippen molar-refractivity contribution < 1.29 is 4.79 Å². The van der Waals surface area contributed by atoms with Crippen LogP contribution >= 0.6 is 22.9 Å². The minimum atomic E-state index is 0.199. The van der Waals surface area contributed by atoms with Crippen LogP contribution in [0.5, 0.6) is 0 Å². The van der Waals surface area contributed by atoms with Gasteiger partial charge in [-0.2, -0.15) is 0 Å². The second-order valence-corrected chi connectivity index (χ2v) is 5.26. The van der Waals surface area contributed by atoms with Gasteiger partial charge in [-0.3, -0.25) is 4.79 Å². The van der Waals surface area contributed by atoms with Gasteiger partial charge in [-0.15, -0.1) is 11.3 Å². The first-order valence-corrected chi connectivity index (χ1v) is 6.18. The molecule has 2 aromatic rings. The molecule has 0 aliphatic heterocycles. The summed E-state index contributed by atoms with van der Waals surface area (Å²) in [5.41, 5.74) is 1.14. The van der Waals surface area contributed by atoms with Gasteiger partial charge in [0.05, 0.1) is 0 Å². The molecule has 0 spiro atoms. The van der Waals surface area contributed by atoms with Crippen LogP contribution in [-0.4, -0.2) is 5.78 Å². The van der Waals surface area contributed by atoms with Crippen molar-refractivity contribution in [3.63, 3.8) is 0 Å². The first-order valence-electron chi connectivity index (χ1n) is 4.99. The number of ketones is 1. The Bertz CT molecular complexity index is 499. The normalized spacial score (nSPS) is 10.4. The summed E-state index contributed by atoms with van der Waals surface area (Å²) in [6.07, 6.45) is 0.526. The molecule has 0 saturated carbocycles. The van der Waals surface area contributed by atoms with Gasteiger partial charge in [0.2, 0.25) is 0 Å². The maximum atomic E-state index is 11.0. The summed E-state index contributed by atoms with van der Waals surface area (Å²) in [6.45, 7) is 1.61. The van der Waals surface area contributed by atoms with E-state index < -0.39 is 0 Å². The molecule has 0 fully saturated rings. The number of thiophene rings is 1. The van der Waals surface area contributed by atoms with E-state index in [4.69, 9.17) is 11.6 Å². The largest absolute Gasteiger partial charge is 0.300 e. The van der Waals surface area contributed by atoms with Crippen molar-refractivity contribution in [2.24, 2.45) is 0 Å². The molecule has 3 heteroatoms. The van der Waals surface area contributed by atoms with Crippen LogP contribution in [0.1, 0.15) is 11.8 Å². The van der Waals surface area contributed by atoms with Gasteiger partial charge in [0.25, 0.3) is 0 Å². The molecule has 1 aromatic heterocycles. The van der Waals surface area contributed by atoms with Crippen LogP contribution in [0.3, 0.4) is 0 Å². The van der Waals surface area contributed by atoms with E-state index in [0.717, 1.165) is 15.5 Å². The van der Waals surface area contributed by atoms with Gasteiger partial charge < -0.3 is 0 Å². The molecule has 1 heterocycles. The molecule has 16 heavy (non-hydrogen) atoms. The summed E-state index contributed by atoms with van der Waals surface area (Å²) in [5, 5.41) is 0.740. The summed E-state index contributed by atoms with van der Waals surface area (Å²) in [5.74, 6) is 0.199. The van der Waals surface area contributed by atoms with E-state index in [-0.39, 0.29) is 5.78 Å². The fraction of sp³-hybridized carbons (Fsp3) is 0.154. The molecule has 0 bridgehead atoms. The monoisotopic (exact) mass is 250 g/mol. The maximum absolute atomic E-state index is 11.0. The highest BCUT2D eigenvalue weighted by Gasteiger charge is 2.04. The number of hydrogen-bond acceptors (Lipinski definition) is 2. The third-order valence-electron chi connectivity index (χ3n) is 2.21. The van der Waals surface area contributed by atoms with E-state index in [2.05, 4.69) is 0 Å². The van der Waals surface area contributed by atoms with Crippen molar-refractivity contribution in [2.45, 2.75) is 13.3 Å². The fourth-order valence-corrected chi connectivity index (χ4v) is 2.70. The molecule has 0 saturated heterocycles. The fourth-order valence-electron chi connectivity index (χ4n) is 1.49. The number of hydrogen-bond donors (Lipinski definition) is 0. The Labute approximate surface area is 104 Å². The molecule has 0 atom stereocenters. The average Bonchev–Trinajstić information content (AvgIpc) is 2.66. The maximum Gasteiger partial charge on any atom is 0.135 e. The SMILES string of the molecule is CC(=O)Cc1ccc(-c2ccc(Cl)cc2)s1. The van der Waals surface area contributed by atoms with Crippen molar-refractivity contribution in [1.82, 2.24) is 0 Å². The lowest BCUT2D eigenvalue weighted by atomic mass is 10.2. The van der Waals surface area contributed by atoms with Gasteiger partial charge in [0.15, 0.2) is 0 Å². The Hall–Kier alpha value is -1.12. The predicted octanol–water partition coefficient (Wildman–Crippen LogP) is 4.20. The van der Waals surface area contributed by atoms with Crippen LogP contribution in [-0.2, 0) is 11.2 Å². The Balaban J connectivity index is 2.24. The number of carbonyl (C=O) groups excluding carboxylic acids is 1. The smallest absolute Gasteiger partial charge is 0.135 e. The number of rotatable bonds is 3. The van der Waals surface area contributed by atoms with Gasteiger partial charge in [0, 0.05) is 21.2 Å². The molecular formula is C13H11ClOS. The van der Waals surface area contributed by atoms with Crippen molar-refractivity contribution in [1.29, 1.82) is 0 Å². The molecule has 82 valence electrons. The third kappa shape index (κ3) is 2.71. The van der Waals surface area contributed by atoms with E-state index in [0.29, 0.717) is 6.42 Å². The molecular weight excluding hydrogens is 240 g/mol. The average molecular weight is 251 g/mol. The molecule has 1 nitrogen and oxygen atoms in total. The van der Waals surface area contributed by atoms with Gasteiger partial charge in [0.1, 0.15) is 5.78 Å². The summed E-state index contributed by atoms with van der Waals surface area (Å²) in [7, 11) is 0. The van der Waals surface area contributed by atoms with E-state index in [1.165, 1.54) is 4.88 Å². The van der Waals surface area contributed by atoms with E-state index in [1.807, 2.05) is 36.4 Å². The molecule has 2 rings (SSSR count). The topological polar surface area (TPSA) is 17.1 Å². The lowest BCUT2D eigenvalue weighted by molar-refractivity contribution is -0.116. The Kier molecular flexibility index (Phi) is 3.42. The van der Waals surface area contributed by atoms with Crippen molar-refractivity contribution in [3.8, 4) is 10.4 Å². The van der Waals surface area contributed by atoms with Gasteiger partial charge in [-0.1, -0.05) is 23.7 Å². The van der Waals surface area contributed by atoms with E-state index in [1.54, 1.807) is 18.3 Å². The van der Waals surface area contributed by atoms with Gasteiger partial charge >= 0.3 is 0 Å². The predicted molar refractivity (Wildman–Crippen MR) is 69.2 cm³/mol. The second kappa shape index (κ2) is 4.81. The zero-order valence-corrected chi connectivity index (χ0v) is 10.4. The second-order valence-electron chi connectivity index (χ2n) is 3.65. The van der Waals surface area contributed by atoms with Crippen LogP contribution in [0.4, 0.5) is 0 Å². The number of halogens is 1. The quantitative estimate of drug-likeness (QED) is 0.798. The molecule has 0 N–H and O–H groups in total. The van der Waals surface area contributed by atoms with E-state index >= 15 is 0 Å². The molecule has 0 unspecified atom stereocenters. The Morgan fingerprint density at radius 3 is 2.50 bits per heavy atom. The third-order valence-corrected chi connectivity index (χ3v) is 3.60. The number of Topliss-reactive ketones (excluding diaryl/α,β-unsaturated/α-hetero) is 1. The summed E-state index contributed by atoms with van der Waals surface area (Å²) >= 11 is 7.49. The molecule has 1 aromatic carbocycles. The Morgan fingerprint density at radius 1 is 1.19 bits per heavy atom. The highest BCUT2D eigenvalue weighted by Crippen LogP contribution is 2.29. The van der Waals surface area contributed by atoms with Crippen LogP contribution in [0.2, 0.25) is 5.02 Å². The summed E-state index contributed by atoms with van der Waals surface area (Å²) in [4.78, 5) is 13.3. The van der Waals surface area contributed by atoms with Crippen LogP contribution in [0, 0.1) is 0 Å². The van der Waals surface area contributed by atoms with Crippen LogP contribution in [0.25, 0.3) is 10.4 Å². The molecule has 0 amide bonds. The van der Waals surface area contributed by atoms with Crippen molar-refractivity contribution in [2.75, 3.05) is 0 Å². The van der Waals surface area contributed by atoms with Gasteiger partial charge in [-0.25, -0.2) is 0 Å². The molecule has 0 aliphatic rings. The minimum Gasteiger partial charge on any atom is -0.300 e. The Morgan fingerprint density at radius 2 is 1.88 bits per heavy atom. The minimum absolute atomic E-state index is 0.199. The molecule has 0 aliphatic carbocycles. The lowest BCUT2D eigenvalue weighted by Crippen LogP contribution is -1.92. The van der Waals surface area contributed by atoms with Crippen molar-refractivity contribution in [3.05, 3.63) is 46.3 Å².